The van der Waals surface area contributed by atoms with Crippen molar-refractivity contribution in [3.8, 4) is 22.8 Å². The van der Waals surface area contributed by atoms with Crippen LogP contribution in [0.1, 0.15) is 9.67 Å². The van der Waals surface area contributed by atoms with Gasteiger partial charge in [0, 0.05) is 11.3 Å². The van der Waals surface area contributed by atoms with Gasteiger partial charge in [0.25, 0.3) is 5.91 Å². The van der Waals surface area contributed by atoms with E-state index in [0.717, 1.165) is 17.1 Å². The molecule has 1 amide bonds. The first-order valence-corrected chi connectivity index (χ1v) is 8.39. The first-order chi connectivity index (χ1) is 12.1. The molecule has 0 atom stereocenters. The highest BCUT2D eigenvalue weighted by molar-refractivity contribution is 7.08. The molecule has 0 aliphatic carbocycles. The van der Waals surface area contributed by atoms with Crippen LogP contribution in [0.2, 0.25) is 5.02 Å². The lowest BCUT2D eigenvalue weighted by atomic mass is 10.1. The van der Waals surface area contributed by atoms with Crippen molar-refractivity contribution in [1.82, 2.24) is 9.59 Å². The summed E-state index contributed by atoms with van der Waals surface area (Å²) in [5.74, 6) is 0.907. The van der Waals surface area contributed by atoms with Crippen molar-refractivity contribution in [2.75, 3.05) is 19.5 Å². The standard InChI is InChI=1S/C17H14ClN3O3S/c1-23-12-5-3-4-10(8-12)15-16(25-21-20-15)17(22)19-11-6-7-14(24-2)13(18)9-11/h3-9H,1-2H3,(H,19,22). The van der Waals surface area contributed by atoms with E-state index < -0.39 is 0 Å². The summed E-state index contributed by atoms with van der Waals surface area (Å²) >= 11 is 7.11. The van der Waals surface area contributed by atoms with E-state index in [9.17, 15) is 4.79 Å². The molecule has 0 bridgehead atoms. The van der Waals surface area contributed by atoms with E-state index in [1.807, 2.05) is 18.2 Å². The maximum atomic E-state index is 12.6. The average molecular weight is 376 g/mol. The monoisotopic (exact) mass is 375 g/mol. The van der Waals surface area contributed by atoms with Crippen molar-refractivity contribution in [3.63, 3.8) is 0 Å². The zero-order valence-electron chi connectivity index (χ0n) is 13.4. The second kappa shape index (κ2) is 7.50. The molecule has 1 heterocycles. The first-order valence-electron chi connectivity index (χ1n) is 7.24. The molecule has 25 heavy (non-hydrogen) atoms. The molecule has 2 aromatic carbocycles. The molecule has 0 spiro atoms. The lowest BCUT2D eigenvalue weighted by molar-refractivity contribution is 0.103. The van der Waals surface area contributed by atoms with Crippen LogP contribution < -0.4 is 14.8 Å². The first kappa shape index (κ1) is 17.2. The summed E-state index contributed by atoms with van der Waals surface area (Å²) in [6.45, 7) is 0. The van der Waals surface area contributed by atoms with Gasteiger partial charge in [-0.1, -0.05) is 28.2 Å². The second-order valence-corrected chi connectivity index (χ2v) is 6.15. The van der Waals surface area contributed by atoms with E-state index in [2.05, 4.69) is 14.9 Å². The van der Waals surface area contributed by atoms with Crippen LogP contribution in [0.3, 0.4) is 0 Å². The fourth-order valence-corrected chi connectivity index (χ4v) is 3.07. The number of nitrogens with one attached hydrogen (secondary N) is 1. The minimum absolute atomic E-state index is 0.311. The number of halogens is 1. The van der Waals surface area contributed by atoms with Crippen LogP contribution in [-0.4, -0.2) is 29.7 Å². The van der Waals surface area contributed by atoms with E-state index in [-0.39, 0.29) is 5.91 Å². The third-order valence-corrected chi connectivity index (χ3v) is 4.47. The fraction of sp³-hybridized carbons (Fsp3) is 0.118. The Morgan fingerprint density at radius 1 is 1.16 bits per heavy atom. The maximum Gasteiger partial charge on any atom is 0.269 e. The third-order valence-electron chi connectivity index (χ3n) is 3.45. The highest BCUT2D eigenvalue weighted by atomic mass is 35.5. The molecule has 0 fully saturated rings. The van der Waals surface area contributed by atoms with E-state index in [1.54, 1.807) is 31.4 Å². The summed E-state index contributed by atoms with van der Waals surface area (Å²) in [5.41, 5.74) is 1.81. The molecule has 6 nitrogen and oxygen atoms in total. The van der Waals surface area contributed by atoms with Gasteiger partial charge in [0.05, 0.1) is 19.2 Å². The Kier molecular flexibility index (Phi) is 5.16. The molecule has 0 aliphatic rings. The predicted octanol–water partition coefficient (Wildman–Crippen LogP) is 4.13. The number of hydrogen-bond donors (Lipinski definition) is 1. The molecule has 0 radical (unpaired) electrons. The number of carbonyl (C=O) groups is 1. The Balaban J connectivity index is 1.86. The number of nitrogens with zero attached hydrogens (tertiary/aromatic N) is 2. The number of rotatable bonds is 5. The zero-order chi connectivity index (χ0) is 17.8. The van der Waals surface area contributed by atoms with E-state index in [0.29, 0.717) is 32.8 Å². The molecule has 0 unspecified atom stereocenters. The number of methoxy groups -OCH3 is 2. The Labute approximate surface area is 153 Å². The van der Waals surface area contributed by atoms with Crippen molar-refractivity contribution in [3.05, 3.63) is 52.4 Å². The molecule has 0 saturated carbocycles. The van der Waals surface area contributed by atoms with Crippen molar-refractivity contribution < 1.29 is 14.3 Å². The van der Waals surface area contributed by atoms with Gasteiger partial charge in [-0.15, -0.1) is 5.10 Å². The van der Waals surface area contributed by atoms with Crippen molar-refractivity contribution in [2.45, 2.75) is 0 Å². The van der Waals surface area contributed by atoms with Crippen LogP contribution in [0.5, 0.6) is 11.5 Å². The average Bonchev–Trinajstić information content (AvgIpc) is 3.12. The SMILES string of the molecule is COc1cccc(-c2nnsc2C(=O)Nc2ccc(OC)c(Cl)c2)c1. The molecular formula is C17H14ClN3O3S. The molecule has 3 rings (SSSR count). The number of hydrogen-bond acceptors (Lipinski definition) is 6. The summed E-state index contributed by atoms with van der Waals surface area (Å²) in [4.78, 5) is 13.0. The van der Waals surface area contributed by atoms with Gasteiger partial charge in [0.1, 0.15) is 22.1 Å². The number of aromatic nitrogens is 2. The molecular weight excluding hydrogens is 362 g/mol. The van der Waals surface area contributed by atoms with E-state index in [4.69, 9.17) is 21.1 Å². The Bertz CT molecular complexity index is 914. The lowest BCUT2D eigenvalue weighted by Crippen LogP contribution is -2.11. The minimum Gasteiger partial charge on any atom is -0.497 e. The van der Waals surface area contributed by atoms with Gasteiger partial charge in [-0.25, -0.2) is 0 Å². The number of benzene rings is 2. The maximum absolute atomic E-state index is 12.6. The summed E-state index contributed by atoms with van der Waals surface area (Å²) in [5, 5.41) is 7.28. The van der Waals surface area contributed by atoms with Gasteiger partial charge in [-0.05, 0) is 41.9 Å². The van der Waals surface area contributed by atoms with Crippen LogP contribution in [-0.2, 0) is 0 Å². The number of anilines is 1. The summed E-state index contributed by atoms with van der Waals surface area (Å²) in [6, 6.07) is 12.3. The molecule has 0 saturated heterocycles. The molecule has 1 aromatic heterocycles. The molecule has 128 valence electrons. The largest absolute Gasteiger partial charge is 0.497 e. The number of ether oxygens (including phenoxy) is 2. The Morgan fingerprint density at radius 2 is 2.00 bits per heavy atom. The zero-order valence-corrected chi connectivity index (χ0v) is 15.0. The molecule has 3 aromatic rings. The van der Waals surface area contributed by atoms with Gasteiger partial charge in [-0.3, -0.25) is 4.79 Å². The van der Waals surface area contributed by atoms with Gasteiger partial charge in [0.15, 0.2) is 0 Å². The van der Waals surface area contributed by atoms with Crippen LogP contribution in [0.4, 0.5) is 5.69 Å². The quantitative estimate of drug-likeness (QED) is 0.725. The van der Waals surface area contributed by atoms with Crippen LogP contribution in [0.25, 0.3) is 11.3 Å². The normalized spacial score (nSPS) is 10.4. The van der Waals surface area contributed by atoms with Crippen LogP contribution in [0.15, 0.2) is 42.5 Å². The Hall–Kier alpha value is -2.64. The highest BCUT2D eigenvalue weighted by Crippen LogP contribution is 2.30. The van der Waals surface area contributed by atoms with E-state index >= 15 is 0 Å². The van der Waals surface area contributed by atoms with Crippen molar-refractivity contribution in [1.29, 1.82) is 0 Å². The van der Waals surface area contributed by atoms with Gasteiger partial charge in [0.2, 0.25) is 0 Å². The number of carbonyl (C=O) groups excluding carboxylic acids is 1. The topological polar surface area (TPSA) is 73.3 Å². The van der Waals surface area contributed by atoms with Gasteiger partial charge < -0.3 is 14.8 Å². The smallest absolute Gasteiger partial charge is 0.269 e. The Morgan fingerprint density at radius 3 is 2.72 bits per heavy atom. The fourth-order valence-electron chi connectivity index (χ4n) is 2.23. The van der Waals surface area contributed by atoms with Gasteiger partial charge >= 0.3 is 0 Å². The van der Waals surface area contributed by atoms with Crippen molar-refractivity contribution in [2.24, 2.45) is 0 Å². The highest BCUT2D eigenvalue weighted by Gasteiger charge is 2.18. The van der Waals surface area contributed by atoms with E-state index in [1.165, 1.54) is 7.11 Å². The molecule has 8 heteroatoms. The van der Waals surface area contributed by atoms with Crippen molar-refractivity contribution >= 4 is 34.7 Å². The summed E-state index contributed by atoms with van der Waals surface area (Å²) in [6.07, 6.45) is 0. The minimum atomic E-state index is -0.311. The number of amides is 1. The van der Waals surface area contributed by atoms with Crippen LogP contribution >= 0.6 is 23.1 Å². The lowest BCUT2D eigenvalue weighted by Gasteiger charge is -2.08. The van der Waals surface area contributed by atoms with Gasteiger partial charge in [-0.2, -0.15) is 0 Å². The summed E-state index contributed by atoms with van der Waals surface area (Å²) < 4.78 is 14.2. The molecule has 0 aliphatic heterocycles. The predicted molar refractivity (Wildman–Crippen MR) is 97.9 cm³/mol. The van der Waals surface area contributed by atoms with Crippen LogP contribution in [0, 0.1) is 0 Å². The second-order valence-electron chi connectivity index (χ2n) is 4.99. The molecule has 1 N–H and O–H groups in total. The summed E-state index contributed by atoms with van der Waals surface area (Å²) in [7, 11) is 3.11. The third kappa shape index (κ3) is 3.72.